The van der Waals surface area contributed by atoms with Crippen LogP contribution >= 0.6 is 0 Å². The van der Waals surface area contributed by atoms with E-state index in [1.165, 1.54) is 0 Å². The highest BCUT2D eigenvalue weighted by molar-refractivity contribution is 6.74. The number of likely N-dealkylation sites (tertiary alicyclic amines) is 1. The van der Waals surface area contributed by atoms with Gasteiger partial charge in [-0.3, -0.25) is 4.79 Å². The summed E-state index contributed by atoms with van der Waals surface area (Å²) in [6, 6.07) is -0.613. The van der Waals surface area contributed by atoms with Crippen LogP contribution in [0.1, 0.15) is 34.6 Å². The van der Waals surface area contributed by atoms with Crippen LogP contribution < -0.4 is 5.73 Å². The fourth-order valence-electron chi connectivity index (χ4n) is 2.79. The molecular formula is C16H32N2O4Si. The molecule has 3 atom stereocenters. The van der Waals surface area contributed by atoms with Crippen molar-refractivity contribution in [2.45, 2.75) is 76.7 Å². The average Bonchev–Trinajstić information content (AvgIpc) is 2.75. The van der Waals surface area contributed by atoms with Crippen LogP contribution in [0.5, 0.6) is 0 Å². The second-order valence-corrected chi connectivity index (χ2v) is 13.3. The molecule has 0 unspecified atom stereocenters. The maximum atomic E-state index is 12.1. The fourth-order valence-corrected chi connectivity index (χ4v) is 3.82. The van der Waals surface area contributed by atoms with Gasteiger partial charge >= 0.3 is 0 Å². The fraction of sp³-hybridized carbons (Fsp3) is 0.938. The highest BCUT2D eigenvalue weighted by Gasteiger charge is 2.53. The molecular weight excluding hydrogens is 312 g/mol. The third-order valence-electron chi connectivity index (χ3n) is 5.31. The van der Waals surface area contributed by atoms with E-state index in [1.807, 2.05) is 13.8 Å². The zero-order chi connectivity index (χ0) is 17.6. The molecule has 0 bridgehead atoms. The highest BCUT2D eigenvalue weighted by atomic mass is 28.4. The van der Waals surface area contributed by atoms with Crippen LogP contribution in [0.25, 0.3) is 0 Å². The first-order valence-corrected chi connectivity index (χ1v) is 11.3. The van der Waals surface area contributed by atoms with E-state index in [0.717, 1.165) is 0 Å². The van der Waals surface area contributed by atoms with Crippen LogP contribution in [0.2, 0.25) is 18.1 Å². The molecule has 2 aliphatic rings. The number of β-lactam (4-membered cyclic amide) rings is 1. The smallest absolute Gasteiger partial charge is 0.242 e. The molecule has 0 aromatic heterocycles. The molecule has 0 aliphatic carbocycles. The average molecular weight is 345 g/mol. The Morgan fingerprint density at radius 3 is 2.48 bits per heavy atom. The molecule has 1 amide bonds. The lowest BCUT2D eigenvalue weighted by atomic mass is 9.91. The van der Waals surface area contributed by atoms with Crippen molar-refractivity contribution in [3.63, 3.8) is 0 Å². The lowest BCUT2D eigenvalue weighted by Gasteiger charge is -2.48. The molecule has 0 aromatic carbocycles. The predicted octanol–water partition coefficient (Wildman–Crippen LogP) is 1.70. The summed E-state index contributed by atoms with van der Waals surface area (Å²) in [5, 5.41) is 0.161. The summed E-state index contributed by atoms with van der Waals surface area (Å²) in [5.41, 5.74) is 5.99. The van der Waals surface area contributed by atoms with E-state index in [1.54, 1.807) is 4.90 Å². The summed E-state index contributed by atoms with van der Waals surface area (Å²) < 4.78 is 17.6. The van der Waals surface area contributed by atoms with Gasteiger partial charge in [-0.05, 0) is 32.0 Å². The molecule has 0 radical (unpaired) electrons. The van der Waals surface area contributed by atoms with Crippen molar-refractivity contribution >= 4 is 14.2 Å². The largest absolute Gasteiger partial charge is 0.415 e. The van der Waals surface area contributed by atoms with Crippen molar-refractivity contribution in [3.8, 4) is 0 Å². The van der Waals surface area contributed by atoms with Gasteiger partial charge in [0.05, 0.1) is 19.3 Å². The van der Waals surface area contributed by atoms with Gasteiger partial charge in [0.25, 0.3) is 0 Å². The molecule has 2 N–H and O–H groups in total. The van der Waals surface area contributed by atoms with E-state index in [-0.39, 0.29) is 23.1 Å². The Kier molecular flexibility index (Phi) is 5.01. The maximum Gasteiger partial charge on any atom is 0.242 e. The minimum absolute atomic E-state index is 0.0258. The molecule has 2 saturated heterocycles. The summed E-state index contributed by atoms with van der Waals surface area (Å²) in [5.74, 6) is -0.631. The number of nitrogens with two attached hydrogens (primary N) is 1. The molecule has 6 nitrogen and oxygen atoms in total. The number of hydrogen-bond acceptors (Lipinski definition) is 5. The van der Waals surface area contributed by atoms with E-state index in [4.69, 9.17) is 19.6 Å². The van der Waals surface area contributed by atoms with Crippen LogP contribution in [0.4, 0.5) is 0 Å². The zero-order valence-electron chi connectivity index (χ0n) is 15.5. The Morgan fingerprint density at radius 2 is 2.00 bits per heavy atom. The maximum absolute atomic E-state index is 12.1. The zero-order valence-corrected chi connectivity index (χ0v) is 16.5. The monoisotopic (exact) mass is 344 g/mol. The number of nitrogens with zero attached hydrogens (tertiary/aromatic N) is 1. The quantitative estimate of drug-likeness (QED) is 0.607. The normalized spacial score (nSPS) is 31.4. The van der Waals surface area contributed by atoms with Crippen molar-refractivity contribution in [1.82, 2.24) is 4.90 Å². The summed E-state index contributed by atoms with van der Waals surface area (Å²) in [6.45, 7) is 16.4. The number of carbonyl (C=O) groups excluding carboxylic acids is 1. The molecule has 7 heteroatoms. The Hall–Kier alpha value is -0.473. The van der Waals surface area contributed by atoms with Gasteiger partial charge < -0.3 is 24.5 Å². The number of rotatable bonds is 5. The lowest BCUT2D eigenvalue weighted by molar-refractivity contribution is -0.172. The summed E-state index contributed by atoms with van der Waals surface area (Å²) >= 11 is 0. The molecule has 2 aliphatic heterocycles. The Labute approximate surface area is 140 Å². The van der Waals surface area contributed by atoms with E-state index in [0.29, 0.717) is 19.8 Å². The van der Waals surface area contributed by atoms with E-state index in [9.17, 15) is 4.79 Å². The molecule has 23 heavy (non-hydrogen) atoms. The van der Waals surface area contributed by atoms with Crippen molar-refractivity contribution in [3.05, 3.63) is 0 Å². The summed E-state index contributed by atoms with van der Waals surface area (Å²) in [4.78, 5) is 13.9. The van der Waals surface area contributed by atoms with Gasteiger partial charge in [0.1, 0.15) is 12.1 Å². The lowest BCUT2D eigenvalue weighted by Crippen LogP contribution is -2.73. The third kappa shape index (κ3) is 3.79. The topological polar surface area (TPSA) is 74.0 Å². The molecule has 134 valence electrons. The molecule has 2 rings (SSSR count). The Bertz CT molecular complexity index is 461. The van der Waals surface area contributed by atoms with Crippen LogP contribution in [0.3, 0.4) is 0 Å². The van der Waals surface area contributed by atoms with Crippen LogP contribution in [-0.2, 0) is 18.7 Å². The van der Waals surface area contributed by atoms with Crippen molar-refractivity contribution in [2.75, 3.05) is 19.8 Å². The first-order chi connectivity index (χ1) is 10.4. The second kappa shape index (κ2) is 6.11. The van der Waals surface area contributed by atoms with Crippen LogP contribution in [0.15, 0.2) is 0 Å². The predicted molar refractivity (Wildman–Crippen MR) is 91.5 cm³/mol. The van der Waals surface area contributed by atoms with Crippen molar-refractivity contribution < 1.29 is 18.7 Å². The first kappa shape index (κ1) is 18.9. The van der Waals surface area contributed by atoms with E-state index in [2.05, 4.69) is 33.9 Å². The standard InChI is InChI=1S/C16H32N2O4Si/c1-15(2,3)23(6,7)21-9-8-18-13(12(17)14(18)19)11-10-20-16(4,5)22-11/h11-13H,8-10,17H2,1-7H3/t11-,12-,13+/m1/s1. The van der Waals surface area contributed by atoms with E-state index >= 15 is 0 Å². The number of hydrogen-bond donors (Lipinski definition) is 1. The van der Waals surface area contributed by atoms with Crippen molar-refractivity contribution in [2.24, 2.45) is 5.73 Å². The number of ether oxygens (including phenoxy) is 2. The third-order valence-corrected chi connectivity index (χ3v) is 9.85. The number of amides is 1. The Morgan fingerprint density at radius 1 is 1.39 bits per heavy atom. The summed E-state index contributed by atoms with van der Waals surface area (Å²) in [6.07, 6.45) is -0.162. The van der Waals surface area contributed by atoms with Crippen LogP contribution in [0, 0.1) is 0 Å². The van der Waals surface area contributed by atoms with Gasteiger partial charge in [0.2, 0.25) is 5.91 Å². The molecule has 0 saturated carbocycles. The minimum Gasteiger partial charge on any atom is -0.415 e. The highest BCUT2D eigenvalue weighted by Crippen LogP contribution is 2.37. The molecule has 0 aromatic rings. The molecule has 0 spiro atoms. The van der Waals surface area contributed by atoms with Gasteiger partial charge in [0, 0.05) is 6.54 Å². The minimum atomic E-state index is -1.80. The second-order valence-electron chi connectivity index (χ2n) is 8.52. The SMILES string of the molecule is CC1(C)OC[C@H]([C@H]2[C@@H](N)C(=O)N2CCO[Si](C)(C)C(C)(C)C)O1. The molecule has 2 fully saturated rings. The van der Waals surface area contributed by atoms with E-state index < -0.39 is 20.1 Å². The van der Waals surface area contributed by atoms with Gasteiger partial charge in [-0.1, -0.05) is 20.8 Å². The summed E-state index contributed by atoms with van der Waals surface area (Å²) in [7, 11) is -1.80. The van der Waals surface area contributed by atoms with Gasteiger partial charge in [0.15, 0.2) is 14.1 Å². The van der Waals surface area contributed by atoms with Gasteiger partial charge in [-0.25, -0.2) is 0 Å². The molecule has 2 heterocycles. The van der Waals surface area contributed by atoms with Crippen molar-refractivity contribution in [1.29, 1.82) is 0 Å². The number of carbonyl (C=O) groups is 1. The van der Waals surface area contributed by atoms with Gasteiger partial charge in [-0.2, -0.15) is 0 Å². The first-order valence-electron chi connectivity index (χ1n) is 8.37. The van der Waals surface area contributed by atoms with Gasteiger partial charge in [-0.15, -0.1) is 0 Å². The van der Waals surface area contributed by atoms with Crippen LogP contribution in [-0.4, -0.2) is 62.9 Å². The Balaban J connectivity index is 1.90.